The molecule has 0 saturated carbocycles. The van der Waals surface area contributed by atoms with Crippen molar-refractivity contribution in [3.05, 3.63) is 0 Å². The molecule has 0 unspecified atom stereocenters. The molecule has 0 aromatic rings. The van der Waals surface area contributed by atoms with Crippen LogP contribution in [0.2, 0.25) is 0 Å². The van der Waals surface area contributed by atoms with Crippen molar-refractivity contribution in [1.82, 2.24) is 0 Å². The van der Waals surface area contributed by atoms with Crippen LogP contribution in [0, 0.1) is 0 Å². The normalized spacial score (nSPS) is 11.4. The van der Waals surface area contributed by atoms with Gasteiger partial charge in [0, 0.05) is 13.0 Å². The second-order valence-corrected chi connectivity index (χ2v) is 10.3. The maximum Gasteiger partial charge on any atom is 0.305 e. The summed E-state index contributed by atoms with van der Waals surface area (Å²) in [5, 5.41) is 0. The number of carbonyl (C=O) groups excluding carboxylic acids is 1. The molecule has 0 spiro atoms. The minimum absolute atomic E-state index is 0.127. The Morgan fingerprint density at radius 2 is 0.690 bits per heavy atom. The molecule has 252 valence electrons. The van der Waals surface area contributed by atoms with Crippen LogP contribution in [0.1, 0.15) is 96.8 Å². The molecule has 0 aromatic carbocycles. The van der Waals surface area contributed by atoms with E-state index in [-0.39, 0.29) is 5.97 Å². The van der Waals surface area contributed by atoms with Crippen molar-refractivity contribution in [2.24, 2.45) is 5.73 Å². The van der Waals surface area contributed by atoms with Crippen molar-refractivity contribution in [2.45, 2.75) is 96.8 Å². The Morgan fingerprint density at radius 1 is 0.405 bits per heavy atom. The monoisotopic (exact) mass is 607 g/mol. The fourth-order valence-electron chi connectivity index (χ4n) is 4.08. The molecule has 0 aliphatic rings. The van der Waals surface area contributed by atoms with Crippen molar-refractivity contribution in [1.29, 1.82) is 0 Å². The summed E-state index contributed by atoms with van der Waals surface area (Å²) in [4.78, 5) is 11.8. The van der Waals surface area contributed by atoms with Gasteiger partial charge in [0.15, 0.2) is 0 Å². The first-order valence-corrected chi connectivity index (χ1v) is 16.7. The lowest BCUT2D eigenvalue weighted by Gasteiger charge is -2.08. The second-order valence-electron chi connectivity index (χ2n) is 10.3. The summed E-state index contributed by atoms with van der Waals surface area (Å²) >= 11 is 0. The number of carbonyl (C=O) groups is 1. The van der Waals surface area contributed by atoms with Crippen LogP contribution in [0.3, 0.4) is 0 Å². The van der Waals surface area contributed by atoms with E-state index >= 15 is 0 Å². The molecule has 0 heterocycles. The summed E-state index contributed by atoms with van der Waals surface area (Å²) in [6.07, 6.45) is 17.4. The minimum Gasteiger partial charge on any atom is -0.463 e. The van der Waals surface area contributed by atoms with Crippen LogP contribution in [-0.2, 0) is 42.7 Å². The highest BCUT2D eigenvalue weighted by Crippen LogP contribution is 2.13. The topological polar surface area (TPSA) is 117 Å². The predicted molar refractivity (Wildman–Crippen MR) is 166 cm³/mol. The van der Waals surface area contributed by atoms with E-state index in [0.717, 1.165) is 12.8 Å². The third kappa shape index (κ3) is 37.2. The van der Waals surface area contributed by atoms with Gasteiger partial charge in [0.2, 0.25) is 0 Å². The smallest absolute Gasteiger partial charge is 0.305 e. The molecular formula is C32H65NO9. The van der Waals surface area contributed by atoms with E-state index in [1.165, 1.54) is 70.6 Å². The van der Waals surface area contributed by atoms with Crippen molar-refractivity contribution in [3.8, 4) is 0 Å². The molecule has 10 nitrogen and oxygen atoms in total. The highest BCUT2D eigenvalue weighted by atomic mass is 16.6. The fourth-order valence-corrected chi connectivity index (χ4v) is 4.08. The Labute approximate surface area is 256 Å². The van der Waals surface area contributed by atoms with Gasteiger partial charge < -0.3 is 43.6 Å². The summed E-state index contributed by atoms with van der Waals surface area (Å²) in [6.45, 7) is 10.2. The van der Waals surface area contributed by atoms with Crippen LogP contribution in [0.4, 0.5) is 0 Å². The van der Waals surface area contributed by atoms with Crippen LogP contribution in [0.5, 0.6) is 0 Å². The molecule has 0 bridgehead atoms. The molecule has 10 heteroatoms. The standard InChI is InChI=1S/C32H65NO9/c1-2-3-4-5-6-7-8-9-10-11-12-13-14-15-32(34)42-31-30-41-29-28-40-27-26-39-25-24-38-23-22-37-21-20-36-19-18-35-17-16-33/h2-31,33H2,1H3. The van der Waals surface area contributed by atoms with Crippen LogP contribution in [0.15, 0.2) is 0 Å². The quantitative estimate of drug-likeness (QED) is 0.0756. The van der Waals surface area contributed by atoms with Gasteiger partial charge in [-0.2, -0.15) is 0 Å². The molecule has 0 aliphatic carbocycles. The zero-order valence-corrected chi connectivity index (χ0v) is 27.0. The molecule has 0 aliphatic heterocycles. The Hall–Kier alpha value is -0.850. The van der Waals surface area contributed by atoms with Crippen molar-refractivity contribution >= 4 is 5.97 Å². The summed E-state index contributed by atoms with van der Waals surface area (Å²) < 4.78 is 43.0. The highest BCUT2D eigenvalue weighted by molar-refractivity contribution is 5.69. The van der Waals surface area contributed by atoms with Crippen LogP contribution < -0.4 is 5.73 Å². The summed E-state index contributed by atoms with van der Waals surface area (Å²) in [5.74, 6) is -0.127. The maximum atomic E-state index is 11.8. The molecule has 0 amide bonds. The first-order valence-electron chi connectivity index (χ1n) is 16.7. The SMILES string of the molecule is CCCCCCCCCCCCCCCC(=O)OCCOCCOCCOCCOCCOCCOCCOCCN. The van der Waals surface area contributed by atoms with Gasteiger partial charge in [0.1, 0.15) is 6.61 Å². The molecule has 2 N–H and O–H groups in total. The fraction of sp³-hybridized carbons (Fsp3) is 0.969. The molecule has 0 saturated heterocycles. The predicted octanol–water partition coefficient (Wildman–Crippen LogP) is 5.09. The average molecular weight is 608 g/mol. The van der Waals surface area contributed by atoms with Gasteiger partial charge in [-0.15, -0.1) is 0 Å². The maximum absolute atomic E-state index is 11.8. The van der Waals surface area contributed by atoms with Gasteiger partial charge in [-0.25, -0.2) is 0 Å². The van der Waals surface area contributed by atoms with Gasteiger partial charge >= 0.3 is 5.97 Å². The molecular weight excluding hydrogens is 542 g/mol. The third-order valence-electron chi connectivity index (χ3n) is 6.47. The summed E-state index contributed by atoms with van der Waals surface area (Å²) in [6, 6.07) is 0. The number of ether oxygens (including phenoxy) is 8. The molecule has 0 radical (unpaired) electrons. The number of hydrogen-bond acceptors (Lipinski definition) is 10. The van der Waals surface area contributed by atoms with Crippen LogP contribution in [-0.4, -0.2) is 112 Å². The van der Waals surface area contributed by atoms with Crippen molar-refractivity contribution in [3.63, 3.8) is 0 Å². The second kappa shape index (κ2) is 38.2. The van der Waals surface area contributed by atoms with Crippen LogP contribution in [0.25, 0.3) is 0 Å². The van der Waals surface area contributed by atoms with Gasteiger partial charge in [-0.3, -0.25) is 4.79 Å². The Kier molecular flexibility index (Phi) is 37.4. The molecule has 0 aromatic heterocycles. The van der Waals surface area contributed by atoms with Gasteiger partial charge in [0.05, 0.1) is 92.5 Å². The number of rotatable bonds is 37. The number of hydrogen-bond donors (Lipinski definition) is 1. The van der Waals surface area contributed by atoms with Gasteiger partial charge in [-0.1, -0.05) is 84.0 Å². The minimum atomic E-state index is -0.127. The number of unbranched alkanes of at least 4 members (excludes halogenated alkanes) is 12. The van der Waals surface area contributed by atoms with E-state index in [4.69, 9.17) is 43.6 Å². The van der Waals surface area contributed by atoms with Crippen molar-refractivity contribution in [2.75, 3.05) is 106 Å². The number of esters is 1. The lowest BCUT2D eigenvalue weighted by molar-refractivity contribution is -0.145. The van der Waals surface area contributed by atoms with Crippen molar-refractivity contribution < 1.29 is 42.7 Å². The largest absolute Gasteiger partial charge is 0.463 e. The third-order valence-corrected chi connectivity index (χ3v) is 6.47. The van der Waals surface area contributed by atoms with Crippen LogP contribution >= 0.6 is 0 Å². The zero-order valence-electron chi connectivity index (χ0n) is 27.0. The molecule has 42 heavy (non-hydrogen) atoms. The molecule has 0 atom stereocenters. The zero-order chi connectivity index (χ0) is 30.4. The van der Waals surface area contributed by atoms with E-state index in [1.54, 1.807) is 0 Å². The Bertz CT molecular complexity index is 514. The highest BCUT2D eigenvalue weighted by Gasteiger charge is 2.03. The first-order chi connectivity index (χ1) is 20.8. The molecule has 0 rings (SSSR count). The summed E-state index contributed by atoms with van der Waals surface area (Å²) in [7, 11) is 0. The van der Waals surface area contributed by atoms with E-state index in [1.807, 2.05) is 0 Å². The van der Waals surface area contributed by atoms with E-state index in [0.29, 0.717) is 112 Å². The van der Waals surface area contributed by atoms with E-state index in [9.17, 15) is 4.79 Å². The first kappa shape index (κ1) is 41.1. The van der Waals surface area contributed by atoms with Gasteiger partial charge in [-0.05, 0) is 6.42 Å². The Balaban J connectivity index is 3.13. The summed E-state index contributed by atoms with van der Waals surface area (Å²) in [5.41, 5.74) is 5.33. The van der Waals surface area contributed by atoms with E-state index in [2.05, 4.69) is 6.92 Å². The van der Waals surface area contributed by atoms with Gasteiger partial charge in [0.25, 0.3) is 0 Å². The molecule has 0 fully saturated rings. The lowest BCUT2D eigenvalue weighted by Crippen LogP contribution is -2.15. The number of nitrogens with two attached hydrogens (primary N) is 1. The Morgan fingerprint density at radius 3 is 1.02 bits per heavy atom. The van der Waals surface area contributed by atoms with E-state index < -0.39 is 0 Å². The lowest BCUT2D eigenvalue weighted by atomic mass is 10.0. The average Bonchev–Trinajstić information content (AvgIpc) is 3.00.